The molecular weight excluding hydrogens is 324 g/mol. The largest absolute Gasteiger partial charge is 0.463 e. The summed E-state index contributed by atoms with van der Waals surface area (Å²) in [6, 6.07) is 0. The first-order valence-electron chi connectivity index (χ1n) is 9.05. The van der Waals surface area contributed by atoms with Crippen LogP contribution < -0.4 is 0 Å². The predicted octanol–water partition coefficient (Wildman–Crippen LogP) is 0.0893. The van der Waals surface area contributed by atoms with Crippen molar-refractivity contribution in [1.29, 1.82) is 0 Å². The van der Waals surface area contributed by atoms with Gasteiger partial charge in [-0.1, -0.05) is 0 Å². The zero-order valence-electron chi connectivity index (χ0n) is 17.0. The van der Waals surface area contributed by atoms with E-state index >= 15 is 0 Å². The Morgan fingerprint density at radius 1 is 0.792 bits per heavy atom. The Bertz CT molecular complexity index is 464. The molecule has 0 aromatic rings. The van der Waals surface area contributed by atoms with Crippen molar-refractivity contribution in [1.82, 2.24) is 0 Å². The zero-order chi connectivity index (χ0) is 20.8. The Labute approximate surface area is 145 Å². The molecule has 0 aliphatic rings. The van der Waals surface area contributed by atoms with Crippen molar-refractivity contribution in [2.75, 3.05) is 34.5 Å². The number of carbonyl (C=O) groups is 3. The molecular formula is C15H26O9. The van der Waals surface area contributed by atoms with Crippen molar-refractivity contribution in [3.8, 4) is 0 Å². The molecule has 0 radical (unpaired) electrons. The van der Waals surface area contributed by atoms with E-state index in [0.29, 0.717) is 0 Å². The van der Waals surface area contributed by atoms with Gasteiger partial charge < -0.3 is 28.4 Å². The lowest BCUT2D eigenvalue weighted by atomic mass is 10.0. The van der Waals surface area contributed by atoms with Gasteiger partial charge in [0, 0.05) is 42.0 Å². The Hall–Kier alpha value is -1.71. The van der Waals surface area contributed by atoms with Gasteiger partial charge in [-0.25, -0.2) is 0 Å². The van der Waals surface area contributed by atoms with Gasteiger partial charge in [0.25, 0.3) is 0 Å². The molecule has 4 atom stereocenters. The number of esters is 3. The first kappa shape index (κ1) is 17.1. The van der Waals surface area contributed by atoms with Crippen molar-refractivity contribution in [3.05, 3.63) is 0 Å². The Morgan fingerprint density at radius 2 is 1.46 bits per heavy atom. The lowest BCUT2D eigenvalue weighted by Crippen LogP contribution is -2.52. The van der Waals surface area contributed by atoms with Crippen LogP contribution in [0, 0.1) is 0 Å². The van der Waals surface area contributed by atoms with E-state index in [4.69, 9.17) is 32.5 Å². The number of rotatable bonds is 11. The van der Waals surface area contributed by atoms with Gasteiger partial charge in [-0.3, -0.25) is 14.4 Å². The molecule has 0 spiro atoms. The topological polar surface area (TPSA) is 107 Å². The molecule has 24 heavy (non-hydrogen) atoms. The normalized spacial score (nSPS) is 17.4. The summed E-state index contributed by atoms with van der Waals surface area (Å²) in [5, 5.41) is 0. The van der Waals surface area contributed by atoms with Gasteiger partial charge in [-0.15, -0.1) is 0 Å². The average molecular weight is 353 g/mol. The molecule has 9 nitrogen and oxygen atoms in total. The minimum Gasteiger partial charge on any atom is -0.463 e. The van der Waals surface area contributed by atoms with Gasteiger partial charge in [-0.05, 0) is 0 Å². The lowest BCUT2D eigenvalue weighted by Gasteiger charge is -2.34. The number of carbonyl (C=O) groups excluding carboxylic acids is 3. The van der Waals surface area contributed by atoms with E-state index in [9.17, 15) is 14.4 Å². The van der Waals surface area contributed by atoms with Crippen molar-refractivity contribution >= 4 is 17.9 Å². The highest BCUT2D eigenvalue weighted by molar-refractivity contribution is 5.67. The van der Waals surface area contributed by atoms with Crippen LogP contribution in [0.5, 0.6) is 0 Å². The molecule has 0 fully saturated rings. The highest BCUT2D eigenvalue weighted by Crippen LogP contribution is 2.18. The van der Waals surface area contributed by atoms with Gasteiger partial charge in [0.15, 0.2) is 12.2 Å². The standard InChI is InChI=1S/C15H26O9/c1-9(16)22-8-12(20-5)14(21-6)15(24-11(3)18)13(7-19-4)23-10(2)17/h12-15H,7-8H2,1-6H3/t12-,13+,14+,15-/m0/s1/i4D,5D,6D. The van der Waals surface area contributed by atoms with Crippen LogP contribution in [-0.4, -0.2) is 76.8 Å². The maximum Gasteiger partial charge on any atom is 0.303 e. The highest BCUT2D eigenvalue weighted by Gasteiger charge is 2.40. The van der Waals surface area contributed by atoms with E-state index in [-0.39, 0.29) is 13.2 Å². The van der Waals surface area contributed by atoms with Crippen LogP contribution in [0.25, 0.3) is 0 Å². The molecule has 0 aliphatic carbocycles. The summed E-state index contributed by atoms with van der Waals surface area (Å²) in [5.74, 6) is -2.05. The summed E-state index contributed by atoms with van der Waals surface area (Å²) < 4.78 is 52.3. The van der Waals surface area contributed by atoms with Crippen molar-refractivity contribution in [2.45, 2.75) is 45.2 Å². The number of hydrogen-bond acceptors (Lipinski definition) is 9. The summed E-state index contributed by atoms with van der Waals surface area (Å²) in [7, 11) is -1.54. The molecule has 140 valence electrons. The second kappa shape index (κ2) is 11.8. The van der Waals surface area contributed by atoms with E-state index in [2.05, 4.69) is 0 Å². The highest BCUT2D eigenvalue weighted by atomic mass is 16.6. The molecule has 0 rings (SSSR count). The third-order valence-electron chi connectivity index (χ3n) is 2.82. The van der Waals surface area contributed by atoms with Crippen LogP contribution in [0.3, 0.4) is 0 Å². The SMILES string of the molecule is [2H]COC[C@@H](OC(C)=O)[C@H](OC(C)=O)[C@H](OC[2H])[C@H](COC(C)=O)OC[2H]. The van der Waals surface area contributed by atoms with E-state index < -0.39 is 63.6 Å². The molecule has 0 heterocycles. The molecule has 0 amide bonds. The van der Waals surface area contributed by atoms with Crippen LogP contribution in [0.4, 0.5) is 0 Å². The smallest absolute Gasteiger partial charge is 0.303 e. The average Bonchev–Trinajstić information content (AvgIpc) is 2.58. The molecule has 0 unspecified atom stereocenters. The molecule has 0 bridgehead atoms. The van der Waals surface area contributed by atoms with Crippen LogP contribution in [0.2, 0.25) is 0 Å². The van der Waals surface area contributed by atoms with Crippen LogP contribution >= 0.6 is 0 Å². The zero-order valence-corrected chi connectivity index (χ0v) is 14.0. The van der Waals surface area contributed by atoms with Gasteiger partial charge in [0.2, 0.25) is 0 Å². The molecule has 9 heteroatoms. The fourth-order valence-corrected chi connectivity index (χ4v) is 1.92. The minimum atomic E-state index is -1.30. The first-order valence-corrected chi connectivity index (χ1v) is 6.93. The maximum absolute atomic E-state index is 11.6. The molecule has 0 aromatic carbocycles. The fourth-order valence-electron chi connectivity index (χ4n) is 1.92. The monoisotopic (exact) mass is 353 g/mol. The number of ether oxygens (including phenoxy) is 6. The van der Waals surface area contributed by atoms with Gasteiger partial charge >= 0.3 is 17.9 Å². The summed E-state index contributed by atoms with van der Waals surface area (Å²) >= 11 is 0. The Morgan fingerprint density at radius 3 is 1.96 bits per heavy atom. The molecule has 0 aromatic heterocycles. The van der Waals surface area contributed by atoms with E-state index in [0.717, 1.165) is 13.8 Å². The Kier molecular flexibility index (Phi) is 8.40. The van der Waals surface area contributed by atoms with Crippen LogP contribution in [0.1, 0.15) is 24.9 Å². The second-order valence-corrected chi connectivity index (χ2v) is 4.73. The fraction of sp³-hybridized carbons (Fsp3) is 0.800. The summed E-state index contributed by atoms with van der Waals surface area (Å²) in [6.07, 6.45) is -4.78. The molecule has 0 aliphatic heterocycles. The Balaban J connectivity index is 5.75. The molecule has 0 N–H and O–H groups in total. The molecule has 0 saturated carbocycles. The maximum atomic E-state index is 11.6. The first-order chi connectivity index (χ1) is 12.8. The third kappa shape index (κ3) is 8.23. The second-order valence-electron chi connectivity index (χ2n) is 4.73. The van der Waals surface area contributed by atoms with E-state index in [1.807, 2.05) is 0 Å². The van der Waals surface area contributed by atoms with Gasteiger partial charge in [0.05, 0.1) is 10.7 Å². The van der Waals surface area contributed by atoms with Gasteiger partial charge in [-0.2, -0.15) is 0 Å². The van der Waals surface area contributed by atoms with Crippen LogP contribution in [0.15, 0.2) is 0 Å². The van der Waals surface area contributed by atoms with Crippen molar-refractivity contribution in [2.24, 2.45) is 0 Å². The summed E-state index contributed by atoms with van der Waals surface area (Å²) in [5.41, 5.74) is 0. The quantitative estimate of drug-likeness (QED) is 0.377. The van der Waals surface area contributed by atoms with Crippen molar-refractivity contribution < 1.29 is 46.9 Å². The summed E-state index contributed by atoms with van der Waals surface area (Å²) in [4.78, 5) is 34.1. The van der Waals surface area contributed by atoms with Crippen LogP contribution in [-0.2, 0) is 42.8 Å². The third-order valence-corrected chi connectivity index (χ3v) is 2.82. The number of methoxy groups -OCH3 is 3. The van der Waals surface area contributed by atoms with Crippen molar-refractivity contribution in [3.63, 3.8) is 0 Å². The lowest BCUT2D eigenvalue weighted by molar-refractivity contribution is -0.196. The van der Waals surface area contributed by atoms with Gasteiger partial charge in [0.1, 0.15) is 18.8 Å². The number of hydrogen-bond donors (Lipinski definition) is 0. The molecule has 0 saturated heterocycles. The summed E-state index contributed by atoms with van der Waals surface area (Å²) in [6.45, 7) is 2.79. The van der Waals surface area contributed by atoms with E-state index in [1.54, 1.807) is 0 Å². The predicted molar refractivity (Wildman–Crippen MR) is 81.2 cm³/mol. The van der Waals surface area contributed by atoms with E-state index in [1.165, 1.54) is 6.92 Å². The minimum absolute atomic E-state index is 0.292.